The summed E-state index contributed by atoms with van der Waals surface area (Å²) in [4.78, 5) is 22.6. The Hall–Kier alpha value is -1.08. The van der Waals surface area contributed by atoms with Gasteiger partial charge in [0.2, 0.25) is 0 Å². The van der Waals surface area contributed by atoms with Gasteiger partial charge in [0.25, 0.3) is 5.91 Å². The van der Waals surface area contributed by atoms with E-state index in [1.807, 2.05) is 12.1 Å². The molecular weight excluding hydrogens is 394 g/mol. The molecule has 1 amide bonds. The third kappa shape index (κ3) is 6.38. The second-order valence-electron chi connectivity index (χ2n) is 3.77. The first-order valence-electron chi connectivity index (χ1n) is 6.03. The van der Waals surface area contributed by atoms with E-state index in [1.165, 1.54) is 0 Å². The first-order chi connectivity index (χ1) is 9.52. The molecule has 0 heterocycles. The summed E-state index contributed by atoms with van der Waals surface area (Å²) in [5.41, 5.74) is 0. The Labute approximate surface area is 134 Å². The lowest BCUT2D eigenvalue weighted by atomic mass is 10.3. The van der Waals surface area contributed by atoms with Crippen LogP contribution in [0, 0.1) is 0 Å². The molecule has 1 N–H and O–H groups in total. The van der Waals surface area contributed by atoms with Crippen molar-refractivity contribution in [1.82, 2.24) is 5.32 Å². The van der Waals surface area contributed by atoms with Crippen molar-refractivity contribution in [2.45, 2.75) is 13.3 Å². The SMILES string of the molecule is CCOC(=O)CCNC(=O)COc1ccc(Br)cc1Br. The maximum atomic E-state index is 11.5. The zero-order valence-corrected chi connectivity index (χ0v) is 14.1. The van der Waals surface area contributed by atoms with E-state index < -0.39 is 0 Å². The van der Waals surface area contributed by atoms with Crippen LogP contribution in [0.2, 0.25) is 0 Å². The number of hydrogen-bond donors (Lipinski definition) is 1. The Bertz CT molecular complexity index is 479. The van der Waals surface area contributed by atoms with Crippen LogP contribution in [0.15, 0.2) is 27.1 Å². The van der Waals surface area contributed by atoms with Gasteiger partial charge in [-0.2, -0.15) is 0 Å². The topological polar surface area (TPSA) is 64.6 Å². The molecule has 0 unspecified atom stereocenters. The van der Waals surface area contributed by atoms with E-state index in [2.05, 4.69) is 37.2 Å². The molecule has 7 heteroatoms. The summed E-state index contributed by atoms with van der Waals surface area (Å²) in [7, 11) is 0. The van der Waals surface area contributed by atoms with Gasteiger partial charge in [-0.25, -0.2) is 0 Å². The predicted octanol–water partition coefficient (Wildman–Crippen LogP) is 2.66. The van der Waals surface area contributed by atoms with Crippen molar-refractivity contribution >= 4 is 43.7 Å². The number of benzene rings is 1. The number of amides is 1. The molecule has 1 rings (SSSR count). The molecule has 0 fully saturated rings. The standard InChI is InChI=1S/C13H15Br2NO4/c1-2-19-13(18)5-6-16-12(17)8-20-11-4-3-9(14)7-10(11)15/h3-4,7H,2,5-6,8H2,1H3,(H,16,17). The molecule has 0 atom stereocenters. The van der Waals surface area contributed by atoms with E-state index in [4.69, 9.17) is 9.47 Å². The van der Waals surface area contributed by atoms with Gasteiger partial charge in [-0.1, -0.05) is 15.9 Å². The van der Waals surface area contributed by atoms with Crippen LogP contribution in [0.25, 0.3) is 0 Å². The molecule has 5 nitrogen and oxygen atoms in total. The van der Waals surface area contributed by atoms with Crippen molar-refractivity contribution < 1.29 is 19.1 Å². The molecule has 20 heavy (non-hydrogen) atoms. The highest BCUT2D eigenvalue weighted by molar-refractivity contribution is 9.11. The lowest BCUT2D eigenvalue weighted by Gasteiger charge is -2.09. The second kappa shape index (κ2) is 8.97. The maximum absolute atomic E-state index is 11.5. The van der Waals surface area contributed by atoms with Gasteiger partial charge in [0.15, 0.2) is 6.61 Å². The lowest BCUT2D eigenvalue weighted by Crippen LogP contribution is -2.31. The van der Waals surface area contributed by atoms with Crippen molar-refractivity contribution in [3.63, 3.8) is 0 Å². The summed E-state index contributed by atoms with van der Waals surface area (Å²) in [5, 5.41) is 2.58. The number of hydrogen-bond acceptors (Lipinski definition) is 4. The fourth-order valence-electron chi connectivity index (χ4n) is 1.32. The average molecular weight is 409 g/mol. The number of esters is 1. The van der Waals surface area contributed by atoms with Crippen LogP contribution in [0.1, 0.15) is 13.3 Å². The number of rotatable bonds is 7. The Morgan fingerprint density at radius 1 is 1.30 bits per heavy atom. The van der Waals surface area contributed by atoms with Crippen LogP contribution < -0.4 is 10.1 Å². The second-order valence-corrected chi connectivity index (χ2v) is 5.54. The van der Waals surface area contributed by atoms with Gasteiger partial charge in [-0.05, 0) is 41.1 Å². The number of carbonyl (C=O) groups excluding carboxylic acids is 2. The quantitative estimate of drug-likeness (QED) is 0.704. The lowest BCUT2D eigenvalue weighted by molar-refractivity contribution is -0.143. The number of ether oxygens (including phenoxy) is 2. The highest BCUT2D eigenvalue weighted by Crippen LogP contribution is 2.27. The third-order valence-corrected chi connectivity index (χ3v) is 3.32. The van der Waals surface area contributed by atoms with Gasteiger partial charge >= 0.3 is 5.97 Å². The molecule has 0 aliphatic rings. The summed E-state index contributed by atoms with van der Waals surface area (Å²) in [6.45, 7) is 2.21. The first-order valence-corrected chi connectivity index (χ1v) is 7.61. The zero-order valence-electron chi connectivity index (χ0n) is 10.9. The van der Waals surface area contributed by atoms with Crippen LogP contribution >= 0.6 is 31.9 Å². The number of carbonyl (C=O) groups is 2. The van der Waals surface area contributed by atoms with Crippen molar-refractivity contribution in [1.29, 1.82) is 0 Å². The molecule has 0 saturated carbocycles. The molecule has 1 aromatic carbocycles. The summed E-state index contributed by atoms with van der Waals surface area (Å²) >= 11 is 6.67. The molecular formula is C13H15Br2NO4. The normalized spacial score (nSPS) is 9.95. The summed E-state index contributed by atoms with van der Waals surface area (Å²) in [6, 6.07) is 5.40. The molecule has 0 aromatic heterocycles. The molecule has 0 radical (unpaired) electrons. The largest absolute Gasteiger partial charge is 0.483 e. The van der Waals surface area contributed by atoms with Crippen LogP contribution in [0.3, 0.4) is 0 Å². The third-order valence-electron chi connectivity index (χ3n) is 2.21. The van der Waals surface area contributed by atoms with Crippen molar-refractivity contribution in [3.8, 4) is 5.75 Å². The van der Waals surface area contributed by atoms with Crippen LogP contribution in [0.5, 0.6) is 5.75 Å². The Kier molecular flexibility index (Phi) is 7.61. The van der Waals surface area contributed by atoms with Crippen molar-refractivity contribution in [3.05, 3.63) is 27.1 Å². The van der Waals surface area contributed by atoms with Gasteiger partial charge in [0.05, 0.1) is 17.5 Å². The zero-order chi connectivity index (χ0) is 15.0. The molecule has 110 valence electrons. The minimum absolute atomic E-state index is 0.108. The summed E-state index contributed by atoms with van der Waals surface area (Å²) in [6.07, 6.45) is 0.154. The van der Waals surface area contributed by atoms with Gasteiger partial charge in [-0.3, -0.25) is 9.59 Å². The van der Waals surface area contributed by atoms with E-state index >= 15 is 0 Å². The maximum Gasteiger partial charge on any atom is 0.307 e. The van der Waals surface area contributed by atoms with E-state index in [1.54, 1.807) is 13.0 Å². The molecule has 0 saturated heterocycles. The highest BCUT2D eigenvalue weighted by atomic mass is 79.9. The van der Waals surface area contributed by atoms with Gasteiger partial charge in [0.1, 0.15) is 5.75 Å². The molecule has 1 aromatic rings. The van der Waals surface area contributed by atoms with Gasteiger partial charge in [0, 0.05) is 11.0 Å². The summed E-state index contributed by atoms with van der Waals surface area (Å²) < 4.78 is 11.8. The van der Waals surface area contributed by atoms with Crippen LogP contribution in [-0.4, -0.2) is 31.6 Å². The minimum Gasteiger partial charge on any atom is -0.483 e. The van der Waals surface area contributed by atoms with E-state index in [-0.39, 0.29) is 31.4 Å². The van der Waals surface area contributed by atoms with Gasteiger partial charge in [-0.15, -0.1) is 0 Å². The Balaban J connectivity index is 2.28. The fourth-order valence-corrected chi connectivity index (χ4v) is 2.49. The fraction of sp³-hybridized carbons (Fsp3) is 0.385. The number of nitrogens with one attached hydrogen (secondary N) is 1. The van der Waals surface area contributed by atoms with Crippen molar-refractivity contribution in [2.75, 3.05) is 19.8 Å². The van der Waals surface area contributed by atoms with Crippen molar-refractivity contribution in [2.24, 2.45) is 0 Å². The Morgan fingerprint density at radius 3 is 2.70 bits per heavy atom. The van der Waals surface area contributed by atoms with E-state index in [9.17, 15) is 9.59 Å². The molecule has 0 bridgehead atoms. The smallest absolute Gasteiger partial charge is 0.307 e. The van der Waals surface area contributed by atoms with E-state index in [0.717, 1.165) is 8.95 Å². The van der Waals surface area contributed by atoms with Crippen LogP contribution in [-0.2, 0) is 14.3 Å². The molecule has 0 aliphatic carbocycles. The monoisotopic (exact) mass is 407 g/mol. The van der Waals surface area contributed by atoms with Crippen LogP contribution in [0.4, 0.5) is 0 Å². The highest BCUT2D eigenvalue weighted by Gasteiger charge is 2.07. The summed E-state index contributed by atoms with van der Waals surface area (Å²) in [5.74, 6) is -0.0396. The first kappa shape index (κ1) is 17.0. The van der Waals surface area contributed by atoms with Gasteiger partial charge < -0.3 is 14.8 Å². The molecule has 0 spiro atoms. The average Bonchev–Trinajstić information content (AvgIpc) is 2.38. The molecule has 0 aliphatic heterocycles. The van der Waals surface area contributed by atoms with E-state index in [0.29, 0.717) is 12.4 Å². The Morgan fingerprint density at radius 2 is 2.05 bits per heavy atom. The minimum atomic E-state index is -0.329. The predicted molar refractivity (Wildman–Crippen MR) is 81.6 cm³/mol. The number of halogens is 2.